The van der Waals surface area contributed by atoms with Gasteiger partial charge >= 0.3 is 0 Å². The van der Waals surface area contributed by atoms with Crippen molar-refractivity contribution in [2.75, 3.05) is 16.8 Å². The lowest BCUT2D eigenvalue weighted by Gasteiger charge is -2.12. The van der Waals surface area contributed by atoms with Gasteiger partial charge in [0.15, 0.2) is 9.84 Å². The monoisotopic (exact) mass is 364 g/mol. The molecule has 1 aliphatic rings. The number of carbonyl (C=O) groups excluding carboxylic acids is 1. The van der Waals surface area contributed by atoms with Crippen LogP contribution in [0.5, 0.6) is 0 Å². The number of benzene rings is 1. The number of carbonyl (C=O) groups is 1. The molecule has 1 unspecified atom stereocenters. The molecule has 2 N–H and O–H groups in total. The molecular formula is C16H17FN4O3S. The zero-order chi connectivity index (χ0) is 18.0. The number of sulfone groups is 1. The van der Waals surface area contributed by atoms with Crippen LogP contribution in [0.3, 0.4) is 0 Å². The van der Waals surface area contributed by atoms with Gasteiger partial charge in [0.05, 0.1) is 11.5 Å². The molecule has 0 saturated carbocycles. The van der Waals surface area contributed by atoms with Gasteiger partial charge in [-0.25, -0.2) is 22.8 Å². The summed E-state index contributed by atoms with van der Waals surface area (Å²) in [5.41, 5.74) is 1.13. The molecule has 1 aliphatic heterocycles. The Kier molecular flexibility index (Phi) is 4.67. The Hall–Kier alpha value is -2.55. The highest BCUT2D eigenvalue weighted by molar-refractivity contribution is 7.91. The molecule has 0 bridgehead atoms. The van der Waals surface area contributed by atoms with E-state index in [1.54, 1.807) is 19.1 Å². The standard InChI is InChI=1S/C16H17FN4O3S/c1-10-7-14(15(22)19-13-5-6-25(23,24)9-13)21-16(18-10)20-12-4-2-3-11(17)8-12/h2-4,7-8,13H,5-6,9H2,1H3,(H,19,22)(H,18,20,21). The van der Waals surface area contributed by atoms with E-state index in [0.717, 1.165) is 0 Å². The lowest BCUT2D eigenvalue weighted by atomic mass is 10.2. The van der Waals surface area contributed by atoms with E-state index in [1.165, 1.54) is 18.2 Å². The van der Waals surface area contributed by atoms with Crippen LogP contribution in [0, 0.1) is 12.7 Å². The van der Waals surface area contributed by atoms with Crippen LogP contribution in [0.25, 0.3) is 0 Å². The van der Waals surface area contributed by atoms with Gasteiger partial charge in [0.1, 0.15) is 11.5 Å². The normalized spacial score (nSPS) is 18.7. The van der Waals surface area contributed by atoms with Gasteiger partial charge in [0.25, 0.3) is 5.91 Å². The highest BCUT2D eigenvalue weighted by Gasteiger charge is 2.29. The molecular weight excluding hydrogens is 347 g/mol. The quantitative estimate of drug-likeness (QED) is 0.854. The Bertz CT molecular complexity index is 917. The van der Waals surface area contributed by atoms with E-state index in [2.05, 4.69) is 20.6 Å². The van der Waals surface area contributed by atoms with Gasteiger partial charge < -0.3 is 10.6 Å². The molecule has 1 atom stereocenters. The smallest absolute Gasteiger partial charge is 0.270 e. The maximum atomic E-state index is 13.3. The average Bonchev–Trinajstić information content (AvgIpc) is 2.85. The summed E-state index contributed by atoms with van der Waals surface area (Å²) >= 11 is 0. The second kappa shape index (κ2) is 6.75. The van der Waals surface area contributed by atoms with E-state index in [1.807, 2.05) is 0 Å². The first-order valence-electron chi connectivity index (χ1n) is 7.70. The molecule has 25 heavy (non-hydrogen) atoms. The van der Waals surface area contributed by atoms with Crippen molar-refractivity contribution in [3.05, 3.63) is 47.5 Å². The van der Waals surface area contributed by atoms with Crippen molar-refractivity contribution < 1.29 is 17.6 Å². The molecule has 0 aliphatic carbocycles. The fraction of sp³-hybridized carbons (Fsp3) is 0.312. The third kappa shape index (κ3) is 4.50. The number of rotatable bonds is 4. The molecule has 7 nitrogen and oxygen atoms in total. The number of halogens is 1. The maximum absolute atomic E-state index is 13.3. The fourth-order valence-corrected chi connectivity index (χ4v) is 4.28. The zero-order valence-corrected chi connectivity index (χ0v) is 14.3. The van der Waals surface area contributed by atoms with Crippen LogP contribution in [-0.4, -0.2) is 41.8 Å². The minimum Gasteiger partial charge on any atom is -0.347 e. The molecule has 1 fully saturated rings. The summed E-state index contributed by atoms with van der Waals surface area (Å²) in [6.45, 7) is 1.70. The van der Waals surface area contributed by atoms with Gasteiger partial charge in [-0.3, -0.25) is 4.79 Å². The Morgan fingerprint density at radius 1 is 1.28 bits per heavy atom. The lowest BCUT2D eigenvalue weighted by molar-refractivity contribution is 0.0936. The number of hydrogen-bond acceptors (Lipinski definition) is 6. The molecule has 2 heterocycles. The molecule has 1 aromatic heterocycles. The van der Waals surface area contributed by atoms with Crippen molar-refractivity contribution in [3.8, 4) is 0 Å². The van der Waals surface area contributed by atoms with Crippen LogP contribution in [-0.2, 0) is 9.84 Å². The number of nitrogens with one attached hydrogen (secondary N) is 2. The summed E-state index contributed by atoms with van der Waals surface area (Å²) in [7, 11) is -3.08. The van der Waals surface area contributed by atoms with Gasteiger partial charge in [-0.2, -0.15) is 0 Å². The van der Waals surface area contributed by atoms with Crippen molar-refractivity contribution in [2.45, 2.75) is 19.4 Å². The van der Waals surface area contributed by atoms with E-state index in [4.69, 9.17) is 0 Å². The van der Waals surface area contributed by atoms with Gasteiger partial charge in [0.2, 0.25) is 5.95 Å². The predicted molar refractivity (Wildman–Crippen MR) is 91.0 cm³/mol. The average molecular weight is 364 g/mol. The Labute approximate surface area is 144 Å². The van der Waals surface area contributed by atoms with Crippen molar-refractivity contribution in [3.63, 3.8) is 0 Å². The second-order valence-corrected chi connectivity index (χ2v) is 8.16. The molecule has 9 heteroatoms. The number of anilines is 2. The van der Waals surface area contributed by atoms with Crippen molar-refractivity contribution in [1.82, 2.24) is 15.3 Å². The molecule has 3 rings (SSSR count). The minimum atomic E-state index is -3.08. The summed E-state index contributed by atoms with van der Waals surface area (Å²) < 4.78 is 36.2. The lowest BCUT2D eigenvalue weighted by Crippen LogP contribution is -2.36. The fourth-order valence-electron chi connectivity index (χ4n) is 2.60. The predicted octanol–water partition coefficient (Wildman–Crippen LogP) is 1.58. The van der Waals surface area contributed by atoms with E-state index < -0.39 is 27.6 Å². The number of hydrogen-bond donors (Lipinski definition) is 2. The van der Waals surface area contributed by atoms with Crippen LogP contribution in [0.2, 0.25) is 0 Å². The van der Waals surface area contributed by atoms with Crippen LogP contribution < -0.4 is 10.6 Å². The minimum absolute atomic E-state index is 0.0583. The van der Waals surface area contributed by atoms with E-state index in [9.17, 15) is 17.6 Å². The Morgan fingerprint density at radius 2 is 2.08 bits per heavy atom. The van der Waals surface area contributed by atoms with Crippen LogP contribution >= 0.6 is 0 Å². The summed E-state index contributed by atoms with van der Waals surface area (Å²) in [5, 5.41) is 5.53. The molecule has 0 spiro atoms. The summed E-state index contributed by atoms with van der Waals surface area (Å²) in [4.78, 5) is 20.6. The van der Waals surface area contributed by atoms with Crippen LogP contribution in [0.15, 0.2) is 30.3 Å². The molecule has 1 amide bonds. The summed E-state index contributed by atoms with van der Waals surface area (Å²) in [5.74, 6) is -0.688. The van der Waals surface area contributed by atoms with Crippen molar-refractivity contribution >= 4 is 27.4 Å². The molecule has 1 saturated heterocycles. The van der Waals surface area contributed by atoms with Gasteiger partial charge in [-0.05, 0) is 37.6 Å². The highest BCUT2D eigenvalue weighted by atomic mass is 32.2. The topological polar surface area (TPSA) is 101 Å². The maximum Gasteiger partial charge on any atom is 0.270 e. The highest BCUT2D eigenvalue weighted by Crippen LogP contribution is 2.16. The Balaban J connectivity index is 1.76. The number of aromatic nitrogens is 2. The van der Waals surface area contributed by atoms with Gasteiger partial charge in [-0.1, -0.05) is 6.07 Å². The van der Waals surface area contributed by atoms with Gasteiger partial charge in [-0.15, -0.1) is 0 Å². The van der Waals surface area contributed by atoms with Crippen molar-refractivity contribution in [2.24, 2.45) is 0 Å². The summed E-state index contributed by atoms with van der Waals surface area (Å²) in [6.07, 6.45) is 0.395. The van der Waals surface area contributed by atoms with Crippen molar-refractivity contribution in [1.29, 1.82) is 0 Å². The van der Waals surface area contributed by atoms with Gasteiger partial charge in [0, 0.05) is 17.4 Å². The van der Waals surface area contributed by atoms with E-state index >= 15 is 0 Å². The summed E-state index contributed by atoms with van der Waals surface area (Å²) in [6, 6.07) is 6.90. The third-order valence-corrected chi connectivity index (χ3v) is 5.50. The van der Waals surface area contributed by atoms with E-state index in [-0.39, 0.29) is 23.1 Å². The van der Waals surface area contributed by atoms with Crippen LogP contribution in [0.4, 0.5) is 16.0 Å². The largest absolute Gasteiger partial charge is 0.347 e. The molecule has 0 radical (unpaired) electrons. The zero-order valence-electron chi connectivity index (χ0n) is 13.5. The SMILES string of the molecule is Cc1cc(C(=O)NC2CCS(=O)(=O)C2)nc(Nc2cccc(F)c2)n1. The van der Waals surface area contributed by atoms with E-state index in [0.29, 0.717) is 17.8 Å². The first-order valence-corrected chi connectivity index (χ1v) is 9.52. The first kappa shape index (κ1) is 17.3. The molecule has 1 aromatic carbocycles. The molecule has 2 aromatic rings. The molecule has 132 valence electrons. The number of nitrogens with zero attached hydrogens (tertiary/aromatic N) is 2. The van der Waals surface area contributed by atoms with Crippen LogP contribution in [0.1, 0.15) is 22.6 Å². The third-order valence-electron chi connectivity index (χ3n) is 3.74. The number of aryl methyl sites for hydroxylation is 1. The first-order chi connectivity index (χ1) is 11.8. The number of amides is 1. The Morgan fingerprint density at radius 3 is 2.76 bits per heavy atom. The second-order valence-electron chi connectivity index (χ2n) is 5.93.